The molecule has 0 spiro atoms. The van der Waals surface area contributed by atoms with Gasteiger partial charge in [0, 0.05) is 26.8 Å². The number of hydrogen-bond donors (Lipinski definition) is 2. The second kappa shape index (κ2) is 6.18. The number of aryl methyl sites for hydroxylation is 1. The van der Waals surface area contributed by atoms with E-state index < -0.39 is 16.0 Å². The molecule has 1 heterocycles. The number of nitrogens with one attached hydrogen (secondary N) is 1. The Hall–Kier alpha value is -1.38. The second-order valence-electron chi connectivity index (χ2n) is 4.26. The van der Waals surface area contributed by atoms with Crippen LogP contribution >= 0.6 is 0 Å². The number of aromatic nitrogens is 1. The number of rotatable bonds is 7. The highest BCUT2D eigenvalue weighted by Crippen LogP contribution is 2.17. The lowest BCUT2D eigenvalue weighted by atomic mass is 10.4. The Balaban J connectivity index is 2.94. The van der Waals surface area contributed by atoms with Gasteiger partial charge in [0.05, 0.1) is 0 Å². The molecule has 0 unspecified atom stereocenters. The minimum Gasteiger partial charge on any atom is -0.477 e. The smallest absolute Gasteiger partial charge is 0.352 e. The largest absolute Gasteiger partial charge is 0.477 e. The summed E-state index contributed by atoms with van der Waals surface area (Å²) >= 11 is 0. The first-order chi connectivity index (χ1) is 8.80. The van der Waals surface area contributed by atoms with Crippen LogP contribution < -0.4 is 5.32 Å². The Kier molecular flexibility index (Phi) is 5.10. The van der Waals surface area contributed by atoms with Crippen molar-refractivity contribution in [1.29, 1.82) is 0 Å². The molecule has 0 aliphatic heterocycles. The Morgan fingerprint density at radius 3 is 2.63 bits per heavy atom. The van der Waals surface area contributed by atoms with E-state index in [1.54, 1.807) is 7.05 Å². The molecule has 0 fully saturated rings. The summed E-state index contributed by atoms with van der Waals surface area (Å²) in [5.41, 5.74) is -0.0535. The van der Waals surface area contributed by atoms with Crippen LogP contribution in [0.4, 0.5) is 0 Å². The Morgan fingerprint density at radius 2 is 2.16 bits per heavy atom. The SMILES string of the molecule is CNCCCN(C)S(=O)(=O)c1cc(C(=O)O)n(C)c1. The van der Waals surface area contributed by atoms with Gasteiger partial charge in [-0.15, -0.1) is 0 Å². The van der Waals surface area contributed by atoms with Crippen LogP contribution in [0.1, 0.15) is 16.9 Å². The molecule has 0 amide bonds. The summed E-state index contributed by atoms with van der Waals surface area (Å²) in [4.78, 5) is 10.9. The molecule has 0 bridgehead atoms. The van der Waals surface area contributed by atoms with Crippen molar-refractivity contribution in [1.82, 2.24) is 14.2 Å². The van der Waals surface area contributed by atoms with Crippen LogP contribution in [0.5, 0.6) is 0 Å². The van der Waals surface area contributed by atoms with Gasteiger partial charge in [0.1, 0.15) is 10.6 Å². The molecule has 0 aliphatic carbocycles. The maximum atomic E-state index is 12.2. The molecular weight excluding hydrogens is 270 g/mol. The average molecular weight is 289 g/mol. The second-order valence-corrected chi connectivity index (χ2v) is 6.31. The van der Waals surface area contributed by atoms with Crippen molar-refractivity contribution < 1.29 is 18.3 Å². The van der Waals surface area contributed by atoms with Crippen LogP contribution in [0.3, 0.4) is 0 Å². The molecular formula is C11H19N3O4S. The molecule has 1 aromatic heterocycles. The van der Waals surface area contributed by atoms with Gasteiger partial charge in [0.15, 0.2) is 0 Å². The van der Waals surface area contributed by atoms with E-state index in [4.69, 9.17) is 5.11 Å². The predicted molar refractivity (Wildman–Crippen MR) is 70.7 cm³/mol. The van der Waals surface area contributed by atoms with E-state index in [2.05, 4.69) is 5.32 Å². The van der Waals surface area contributed by atoms with Gasteiger partial charge >= 0.3 is 5.97 Å². The fraction of sp³-hybridized carbons (Fsp3) is 0.545. The molecule has 0 saturated carbocycles. The van der Waals surface area contributed by atoms with E-state index in [1.165, 1.54) is 35.2 Å². The topological polar surface area (TPSA) is 91.6 Å². The summed E-state index contributed by atoms with van der Waals surface area (Å²) in [5.74, 6) is -1.15. The minimum absolute atomic E-state index is 0.000595. The molecule has 0 saturated heterocycles. The number of aromatic carboxylic acids is 1. The lowest BCUT2D eigenvalue weighted by Crippen LogP contribution is -2.29. The molecule has 108 valence electrons. The summed E-state index contributed by atoms with van der Waals surface area (Å²) in [5, 5.41) is 11.9. The van der Waals surface area contributed by atoms with Crippen LogP contribution in [0.25, 0.3) is 0 Å². The third-order valence-electron chi connectivity index (χ3n) is 2.81. The number of carboxylic acids is 1. The zero-order valence-corrected chi connectivity index (χ0v) is 12.1. The van der Waals surface area contributed by atoms with Gasteiger partial charge in [-0.05, 0) is 26.1 Å². The van der Waals surface area contributed by atoms with Crippen LogP contribution in [-0.4, -0.2) is 55.6 Å². The average Bonchev–Trinajstić information content (AvgIpc) is 2.72. The standard InChI is InChI=1S/C11H19N3O4S/c1-12-5-4-6-14(3)19(17,18)9-7-10(11(15)16)13(2)8-9/h7-8,12H,4-6H2,1-3H3,(H,15,16). The fourth-order valence-corrected chi connectivity index (χ4v) is 2.95. The summed E-state index contributed by atoms with van der Waals surface area (Å²) in [6.45, 7) is 1.09. The van der Waals surface area contributed by atoms with E-state index >= 15 is 0 Å². The van der Waals surface area contributed by atoms with Crippen molar-refractivity contribution in [2.45, 2.75) is 11.3 Å². The highest BCUT2D eigenvalue weighted by atomic mass is 32.2. The van der Waals surface area contributed by atoms with Crippen molar-refractivity contribution in [3.8, 4) is 0 Å². The molecule has 1 aromatic rings. The predicted octanol–water partition coefficient (Wildman–Crippen LogP) is -0.0467. The lowest BCUT2D eigenvalue weighted by Gasteiger charge is -2.15. The Labute approximate surface area is 112 Å². The molecule has 2 N–H and O–H groups in total. The Morgan fingerprint density at radius 1 is 1.53 bits per heavy atom. The molecule has 0 aromatic carbocycles. The fourth-order valence-electron chi connectivity index (χ4n) is 1.67. The summed E-state index contributed by atoms with van der Waals surface area (Å²) in [6.07, 6.45) is 2.00. The molecule has 19 heavy (non-hydrogen) atoms. The number of carboxylic acid groups (broad SMARTS) is 1. The van der Waals surface area contributed by atoms with Gasteiger partial charge in [-0.1, -0.05) is 0 Å². The third kappa shape index (κ3) is 3.55. The molecule has 8 heteroatoms. The van der Waals surface area contributed by atoms with Crippen molar-refractivity contribution in [2.24, 2.45) is 7.05 Å². The monoisotopic (exact) mass is 289 g/mol. The van der Waals surface area contributed by atoms with Gasteiger partial charge in [0.25, 0.3) is 0 Å². The summed E-state index contributed by atoms with van der Waals surface area (Å²) < 4.78 is 26.9. The first-order valence-corrected chi connectivity index (χ1v) is 7.25. The van der Waals surface area contributed by atoms with E-state index in [1.807, 2.05) is 0 Å². The molecule has 1 rings (SSSR count). The first kappa shape index (κ1) is 15.7. The lowest BCUT2D eigenvalue weighted by molar-refractivity contribution is 0.0686. The van der Waals surface area contributed by atoms with Gasteiger partial charge in [0.2, 0.25) is 10.0 Å². The van der Waals surface area contributed by atoms with Crippen LogP contribution in [0, 0.1) is 0 Å². The van der Waals surface area contributed by atoms with Crippen LogP contribution in [0.15, 0.2) is 17.2 Å². The van der Waals surface area contributed by atoms with E-state index in [0.29, 0.717) is 13.0 Å². The van der Waals surface area contributed by atoms with Crippen molar-refractivity contribution in [2.75, 3.05) is 27.2 Å². The Bertz CT molecular complexity index is 550. The zero-order chi connectivity index (χ0) is 14.6. The van der Waals surface area contributed by atoms with E-state index in [9.17, 15) is 13.2 Å². The maximum absolute atomic E-state index is 12.2. The van der Waals surface area contributed by atoms with Gasteiger partial charge in [-0.25, -0.2) is 17.5 Å². The normalized spacial score (nSPS) is 12.0. The molecule has 7 nitrogen and oxygen atoms in total. The molecule has 0 atom stereocenters. The number of nitrogens with zero attached hydrogens (tertiary/aromatic N) is 2. The highest BCUT2D eigenvalue weighted by molar-refractivity contribution is 7.89. The van der Waals surface area contributed by atoms with Crippen molar-refractivity contribution in [3.63, 3.8) is 0 Å². The summed E-state index contributed by atoms with van der Waals surface area (Å²) in [6, 6.07) is 1.17. The summed E-state index contributed by atoms with van der Waals surface area (Å²) in [7, 11) is 1.15. The van der Waals surface area contributed by atoms with E-state index in [0.717, 1.165) is 6.54 Å². The molecule has 0 radical (unpaired) electrons. The van der Waals surface area contributed by atoms with Gasteiger partial charge < -0.3 is 15.0 Å². The third-order valence-corrected chi connectivity index (χ3v) is 4.63. The first-order valence-electron chi connectivity index (χ1n) is 5.81. The number of hydrogen-bond acceptors (Lipinski definition) is 4. The minimum atomic E-state index is -3.63. The quantitative estimate of drug-likeness (QED) is 0.687. The van der Waals surface area contributed by atoms with Crippen molar-refractivity contribution in [3.05, 3.63) is 18.0 Å². The number of carbonyl (C=O) groups is 1. The molecule has 0 aliphatic rings. The van der Waals surface area contributed by atoms with Crippen molar-refractivity contribution >= 4 is 16.0 Å². The number of sulfonamides is 1. The zero-order valence-electron chi connectivity index (χ0n) is 11.3. The van der Waals surface area contributed by atoms with Gasteiger partial charge in [-0.3, -0.25) is 0 Å². The van der Waals surface area contributed by atoms with Gasteiger partial charge in [-0.2, -0.15) is 0 Å². The van der Waals surface area contributed by atoms with E-state index in [-0.39, 0.29) is 10.6 Å². The van der Waals surface area contributed by atoms with Crippen LogP contribution in [-0.2, 0) is 17.1 Å². The van der Waals surface area contributed by atoms with Crippen LogP contribution in [0.2, 0.25) is 0 Å². The maximum Gasteiger partial charge on any atom is 0.352 e. The highest BCUT2D eigenvalue weighted by Gasteiger charge is 2.24.